The van der Waals surface area contributed by atoms with Crippen LogP contribution in [0.2, 0.25) is 0 Å². The Kier molecular flexibility index (Phi) is 5.33. The first-order chi connectivity index (χ1) is 10.8. The Morgan fingerprint density at radius 2 is 1.96 bits per heavy atom. The van der Waals surface area contributed by atoms with Crippen LogP contribution >= 0.6 is 0 Å². The van der Waals surface area contributed by atoms with E-state index in [2.05, 4.69) is 4.74 Å². The summed E-state index contributed by atoms with van der Waals surface area (Å²) in [4.78, 5) is 12.7. The van der Waals surface area contributed by atoms with Crippen LogP contribution in [-0.4, -0.2) is 36.0 Å². The molecule has 0 aliphatic carbocycles. The minimum Gasteiger partial charge on any atom is -0.490 e. The summed E-state index contributed by atoms with van der Waals surface area (Å²) < 4.78 is 58.5. The zero-order valence-electron chi connectivity index (χ0n) is 12.5. The van der Waals surface area contributed by atoms with Gasteiger partial charge in [-0.2, -0.15) is 0 Å². The zero-order valence-corrected chi connectivity index (χ0v) is 12.5. The van der Waals surface area contributed by atoms with Crippen molar-refractivity contribution in [2.75, 3.05) is 6.54 Å². The van der Waals surface area contributed by atoms with E-state index >= 15 is 0 Å². The van der Waals surface area contributed by atoms with Gasteiger partial charge in [-0.1, -0.05) is 6.92 Å². The summed E-state index contributed by atoms with van der Waals surface area (Å²) in [6.07, 6.45) is -5.38. The van der Waals surface area contributed by atoms with Gasteiger partial charge in [0.25, 0.3) is 0 Å². The second kappa shape index (κ2) is 7.06. The summed E-state index contributed by atoms with van der Waals surface area (Å²) >= 11 is 0. The molecule has 23 heavy (non-hydrogen) atoms. The van der Waals surface area contributed by atoms with Gasteiger partial charge < -0.3 is 14.4 Å². The number of rotatable bonds is 3. The van der Waals surface area contributed by atoms with E-state index in [9.17, 15) is 22.4 Å². The average molecular weight is 335 g/mol. The van der Waals surface area contributed by atoms with Crippen LogP contribution in [0.15, 0.2) is 24.3 Å². The molecule has 2 unspecified atom stereocenters. The van der Waals surface area contributed by atoms with E-state index in [1.54, 1.807) is 6.92 Å². The highest BCUT2D eigenvalue weighted by molar-refractivity contribution is 5.68. The van der Waals surface area contributed by atoms with Crippen molar-refractivity contribution in [3.8, 4) is 5.75 Å². The van der Waals surface area contributed by atoms with Gasteiger partial charge in [0.15, 0.2) is 0 Å². The Balaban J connectivity index is 1.95. The van der Waals surface area contributed by atoms with Crippen LogP contribution in [0.25, 0.3) is 0 Å². The van der Waals surface area contributed by atoms with Crippen molar-refractivity contribution in [3.63, 3.8) is 0 Å². The lowest BCUT2D eigenvalue weighted by Crippen LogP contribution is -2.49. The smallest absolute Gasteiger partial charge is 0.490 e. The van der Waals surface area contributed by atoms with Gasteiger partial charge in [-0.15, -0.1) is 13.2 Å². The summed E-state index contributed by atoms with van der Waals surface area (Å²) in [5.41, 5.74) is 0. The first-order valence-corrected chi connectivity index (χ1v) is 7.27. The maximum atomic E-state index is 12.9. The number of halogens is 4. The van der Waals surface area contributed by atoms with Crippen molar-refractivity contribution in [2.45, 2.75) is 44.7 Å². The van der Waals surface area contributed by atoms with Crippen LogP contribution in [0, 0.1) is 5.82 Å². The third-order valence-corrected chi connectivity index (χ3v) is 3.69. The summed E-state index contributed by atoms with van der Waals surface area (Å²) in [5, 5.41) is 0. The van der Waals surface area contributed by atoms with E-state index in [4.69, 9.17) is 4.74 Å². The van der Waals surface area contributed by atoms with Gasteiger partial charge in [-0.3, -0.25) is 0 Å². The molecule has 128 valence electrons. The molecule has 1 aromatic rings. The first-order valence-electron chi connectivity index (χ1n) is 7.27. The fourth-order valence-corrected chi connectivity index (χ4v) is 2.61. The Labute approximate surface area is 131 Å². The third kappa shape index (κ3) is 5.01. The van der Waals surface area contributed by atoms with Crippen molar-refractivity contribution < 1.29 is 31.8 Å². The van der Waals surface area contributed by atoms with E-state index in [1.807, 2.05) is 0 Å². The molecule has 1 fully saturated rings. The number of carbonyl (C=O) groups excluding carboxylic acids is 1. The van der Waals surface area contributed by atoms with Crippen molar-refractivity contribution in [3.05, 3.63) is 30.1 Å². The van der Waals surface area contributed by atoms with Crippen molar-refractivity contribution in [1.82, 2.24) is 4.90 Å². The Morgan fingerprint density at radius 1 is 1.30 bits per heavy atom. The normalized spacial score (nSPS) is 21.9. The summed E-state index contributed by atoms with van der Waals surface area (Å²) in [6.45, 7) is 1.89. The molecule has 1 aliphatic rings. The molecule has 0 saturated carbocycles. The van der Waals surface area contributed by atoms with Crippen LogP contribution in [0.3, 0.4) is 0 Å². The number of piperidine rings is 1. The minimum atomic E-state index is -4.99. The van der Waals surface area contributed by atoms with Crippen molar-refractivity contribution in [1.29, 1.82) is 0 Å². The van der Waals surface area contributed by atoms with E-state index in [0.717, 1.165) is 4.90 Å². The topological polar surface area (TPSA) is 38.8 Å². The lowest BCUT2D eigenvalue weighted by Gasteiger charge is -2.38. The van der Waals surface area contributed by atoms with E-state index in [0.29, 0.717) is 25.0 Å². The SMILES string of the molecule is CCC1CC(Oc2ccc(F)cc2)CCN1C(=O)OC(F)(F)F. The molecule has 0 bridgehead atoms. The molecule has 1 aliphatic heterocycles. The molecular formula is C15H17F4NO3. The van der Waals surface area contributed by atoms with Crippen LogP contribution in [0.4, 0.5) is 22.4 Å². The van der Waals surface area contributed by atoms with E-state index in [1.165, 1.54) is 24.3 Å². The van der Waals surface area contributed by atoms with E-state index in [-0.39, 0.29) is 18.5 Å². The number of amides is 1. The molecule has 1 aromatic carbocycles. The second-order valence-electron chi connectivity index (χ2n) is 5.29. The highest BCUT2D eigenvalue weighted by atomic mass is 19.4. The van der Waals surface area contributed by atoms with Gasteiger partial charge in [0.1, 0.15) is 17.7 Å². The third-order valence-electron chi connectivity index (χ3n) is 3.69. The number of carbonyl (C=O) groups is 1. The fraction of sp³-hybridized carbons (Fsp3) is 0.533. The van der Waals surface area contributed by atoms with Gasteiger partial charge >= 0.3 is 12.5 Å². The lowest BCUT2D eigenvalue weighted by molar-refractivity contribution is -0.295. The molecule has 4 nitrogen and oxygen atoms in total. The van der Waals surface area contributed by atoms with Crippen LogP contribution in [0.1, 0.15) is 26.2 Å². The molecule has 1 saturated heterocycles. The molecule has 2 rings (SSSR count). The quantitative estimate of drug-likeness (QED) is 0.781. The summed E-state index contributed by atoms with van der Waals surface area (Å²) in [6, 6.07) is 5.11. The van der Waals surface area contributed by atoms with Crippen molar-refractivity contribution >= 4 is 6.09 Å². The molecule has 0 N–H and O–H groups in total. The molecule has 1 amide bonds. The van der Waals surface area contributed by atoms with Gasteiger partial charge in [-0.05, 0) is 30.7 Å². The van der Waals surface area contributed by atoms with Gasteiger partial charge in [0.05, 0.1) is 0 Å². The molecule has 2 atom stereocenters. The molecular weight excluding hydrogens is 318 g/mol. The average Bonchev–Trinajstić information content (AvgIpc) is 2.47. The standard InChI is InChI=1S/C15H17F4NO3/c1-2-11-9-13(22-12-5-3-10(16)4-6-12)7-8-20(11)14(21)23-15(17,18)19/h3-6,11,13H,2,7-9H2,1H3. The summed E-state index contributed by atoms with van der Waals surface area (Å²) in [7, 11) is 0. The molecule has 1 heterocycles. The van der Waals surface area contributed by atoms with E-state index < -0.39 is 18.5 Å². The Hall–Kier alpha value is -1.99. The number of nitrogens with zero attached hydrogens (tertiary/aromatic N) is 1. The number of hydrogen-bond acceptors (Lipinski definition) is 3. The molecule has 8 heteroatoms. The molecule has 0 spiro atoms. The van der Waals surface area contributed by atoms with Crippen LogP contribution < -0.4 is 4.74 Å². The maximum Gasteiger partial charge on any atom is 0.576 e. The number of ether oxygens (including phenoxy) is 2. The van der Waals surface area contributed by atoms with Crippen LogP contribution in [-0.2, 0) is 4.74 Å². The summed E-state index contributed by atoms with van der Waals surface area (Å²) in [5.74, 6) is 0.103. The second-order valence-corrected chi connectivity index (χ2v) is 5.29. The number of hydrogen-bond donors (Lipinski definition) is 0. The fourth-order valence-electron chi connectivity index (χ4n) is 2.61. The minimum absolute atomic E-state index is 0.110. The van der Waals surface area contributed by atoms with Crippen LogP contribution in [0.5, 0.6) is 5.75 Å². The highest BCUT2D eigenvalue weighted by Gasteiger charge is 2.39. The molecule has 0 radical (unpaired) electrons. The highest BCUT2D eigenvalue weighted by Crippen LogP contribution is 2.27. The van der Waals surface area contributed by atoms with Gasteiger partial charge in [0.2, 0.25) is 0 Å². The largest absolute Gasteiger partial charge is 0.576 e. The lowest BCUT2D eigenvalue weighted by atomic mass is 9.98. The zero-order chi connectivity index (χ0) is 17.0. The number of benzene rings is 1. The molecule has 0 aromatic heterocycles. The van der Waals surface area contributed by atoms with Gasteiger partial charge in [0, 0.05) is 25.4 Å². The Bertz CT molecular complexity index is 533. The Morgan fingerprint density at radius 3 is 2.52 bits per heavy atom. The van der Waals surface area contributed by atoms with Crippen molar-refractivity contribution in [2.24, 2.45) is 0 Å². The monoisotopic (exact) mass is 335 g/mol. The number of likely N-dealkylation sites (tertiary alicyclic amines) is 1. The number of alkyl halides is 3. The van der Waals surface area contributed by atoms with Gasteiger partial charge in [-0.25, -0.2) is 9.18 Å². The first kappa shape index (κ1) is 17.4. The maximum absolute atomic E-state index is 12.9. The predicted molar refractivity (Wildman–Crippen MR) is 73.4 cm³/mol. The predicted octanol–water partition coefficient (Wildman–Crippen LogP) is 4.10.